The number of benzene rings is 1. The van der Waals surface area contributed by atoms with Crippen LogP contribution in [-0.4, -0.2) is 47.2 Å². The number of carbonyl (C=O) groups is 1. The fourth-order valence-electron chi connectivity index (χ4n) is 3.78. The number of nitrogens with one attached hydrogen (secondary N) is 2. The van der Waals surface area contributed by atoms with Gasteiger partial charge in [-0.05, 0) is 24.5 Å². The zero-order valence-electron chi connectivity index (χ0n) is 14.2. The van der Waals surface area contributed by atoms with E-state index in [1.165, 1.54) is 0 Å². The Hall–Kier alpha value is -2.41. The number of fused-ring (bicyclic) bond motifs is 2. The second-order valence-electron chi connectivity index (χ2n) is 6.93. The lowest BCUT2D eigenvalue weighted by atomic mass is 9.85. The molecule has 0 spiro atoms. The Bertz CT molecular complexity index is 775. The van der Waals surface area contributed by atoms with Gasteiger partial charge >= 0.3 is 0 Å². The van der Waals surface area contributed by atoms with Crippen molar-refractivity contribution in [2.45, 2.75) is 31.2 Å². The molecule has 2 aliphatic rings. The van der Waals surface area contributed by atoms with Gasteiger partial charge in [-0.1, -0.05) is 18.2 Å². The number of rotatable bonds is 4. The average molecular weight is 342 g/mol. The predicted octanol–water partition coefficient (Wildman–Crippen LogP) is 1.05. The molecule has 2 heterocycles. The first kappa shape index (κ1) is 16.1. The van der Waals surface area contributed by atoms with E-state index in [9.17, 15) is 4.79 Å². The molecule has 0 saturated carbocycles. The summed E-state index contributed by atoms with van der Waals surface area (Å²) in [6, 6.07) is 7.94. The van der Waals surface area contributed by atoms with Gasteiger partial charge in [0.15, 0.2) is 0 Å². The van der Waals surface area contributed by atoms with E-state index >= 15 is 0 Å². The topological polar surface area (TPSA) is 89.1 Å². The van der Waals surface area contributed by atoms with Crippen molar-refractivity contribution in [1.82, 2.24) is 20.7 Å². The van der Waals surface area contributed by atoms with Crippen molar-refractivity contribution < 1.29 is 14.3 Å². The number of amides is 1. The number of hydrogen-bond acceptors (Lipinski definition) is 5. The third-order valence-corrected chi connectivity index (χ3v) is 5.06. The lowest BCUT2D eigenvalue weighted by Crippen LogP contribution is -2.60. The highest BCUT2D eigenvalue weighted by atomic mass is 16.5. The maximum absolute atomic E-state index is 12.9. The number of aromatic amines is 1. The molecule has 1 aliphatic carbocycles. The van der Waals surface area contributed by atoms with Gasteiger partial charge in [-0.15, -0.1) is 0 Å². The molecule has 1 amide bonds. The van der Waals surface area contributed by atoms with Gasteiger partial charge in [0, 0.05) is 25.9 Å². The Balaban J connectivity index is 1.50. The van der Waals surface area contributed by atoms with Gasteiger partial charge in [-0.25, -0.2) is 0 Å². The minimum atomic E-state index is -0.537. The number of para-hydroxylation sites is 1. The van der Waals surface area contributed by atoms with Gasteiger partial charge in [-0.3, -0.25) is 4.79 Å². The second-order valence-corrected chi connectivity index (χ2v) is 6.93. The monoisotopic (exact) mass is 342 g/mol. The second kappa shape index (κ2) is 6.48. The summed E-state index contributed by atoms with van der Waals surface area (Å²) in [5, 5.41) is 14.1. The van der Waals surface area contributed by atoms with Crippen molar-refractivity contribution >= 4 is 5.91 Å². The zero-order chi connectivity index (χ0) is 17.3. The molecule has 1 aromatic carbocycles. The lowest BCUT2D eigenvalue weighted by molar-refractivity contribution is -0.129. The molecule has 7 nitrogen and oxygen atoms in total. The molecule has 1 aliphatic heterocycles. The molecule has 2 unspecified atom stereocenters. The van der Waals surface area contributed by atoms with E-state index in [0.717, 1.165) is 35.5 Å². The van der Waals surface area contributed by atoms with E-state index < -0.39 is 5.54 Å². The van der Waals surface area contributed by atoms with Crippen LogP contribution in [-0.2, 0) is 28.8 Å². The highest BCUT2D eigenvalue weighted by Gasteiger charge is 2.39. The summed E-state index contributed by atoms with van der Waals surface area (Å²) in [5.41, 5.74) is 2.43. The number of methoxy groups -OCH3 is 1. The molecule has 1 aromatic heterocycles. The number of aryl methyl sites for hydroxylation is 1. The van der Waals surface area contributed by atoms with E-state index in [0.29, 0.717) is 26.1 Å². The molecule has 2 N–H and O–H groups in total. The first-order chi connectivity index (χ1) is 12.2. The van der Waals surface area contributed by atoms with Crippen LogP contribution in [0.3, 0.4) is 0 Å². The van der Waals surface area contributed by atoms with Gasteiger partial charge in [0.1, 0.15) is 17.9 Å². The lowest BCUT2D eigenvalue weighted by Gasteiger charge is -2.39. The van der Waals surface area contributed by atoms with Crippen LogP contribution in [0, 0.1) is 5.92 Å². The summed E-state index contributed by atoms with van der Waals surface area (Å²) in [4.78, 5) is 12.9. The molecule has 2 aromatic rings. The van der Waals surface area contributed by atoms with Gasteiger partial charge < -0.3 is 14.8 Å². The summed E-state index contributed by atoms with van der Waals surface area (Å²) in [6.07, 6.45) is 2.88. The van der Waals surface area contributed by atoms with Crippen LogP contribution in [0.4, 0.5) is 0 Å². The molecule has 4 rings (SSSR count). The van der Waals surface area contributed by atoms with Crippen LogP contribution in [0.15, 0.2) is 24.3 Å². The Morgan fingerprint density at radius 2 is 2.24 bits per heavy atom. The highest BCUT2D eigenvalue weighted by Crippen LogP contribution is 2.30. The van der Waals surface area contributed by atoms with Gasteiger partial charge in [0.05, 0.1) is 18.0 Å². The Kier molecular flexibility index (Phi) is 4.17. The van der Waals surface area contributed by atoms with Crippen molar-refractivity contribution in [3.63, 3.8) is 0 Å². The average Bonchev–Trinajstić information content (AvgIpc) is 3.09. The highest BCUT2D eigenvalue weighted by molar-refractivity contribution is 5.80. The maximum atomic E-state index is 12.9. The van der Waals surface area contributed by atoms with Gasteiger partial charge in [0.25, 0.3) is 0 Å². The van der Waals surface area contributed by atoms with Crippen LogP contribution < -0.4 is 10.1 Å². The minimum Gasteiger partial charge on any atom is -0.491 e. The van der Waals surface area contributed by atoms with Gasteiger partial charge in [0.2, 0.25) is 5.91 Å². The Morgan fingerprint density at radius 3 is 3.12 bits per heavy atom. The van der Waals surface area contributed by atoms with Gasteiger partial charge in [-0.2, -0.15) is 15.4 Å². The molecule has 132 valence electrons. The maximum Gasteiger partial charge on any atom is 0.224 e. The molecule has 0 radical (unpaired) electrons. The van der Waals surface area contributed by atoms with E-state index in [2.05, 4.69) is 20.7 Å². The quantitative estimate of drug-likeness (QED) is 0.867. The van der Waals surface area contributed by atoms with Crippen LogP contribution in [0.5, 0.6) is 5.75 Å². The SMILES string of the molecule is COCC1(NC(=O)C2CCc3n[nH]nc3C2)COc2ccccc2C1. The van der Waals surface area contributed by atoms with Crippen molar-refractivity contribution in [3.05, 3.63) is 41.2 Å². The molecular weight excluding hydrogens is 320 g/mol. The number of H-pyrrole nitrogens is 1. The number of hydrogen-bond donors (Lipinski definition) is 2. The molecule has 0 fully saturated rings. The number of aromatic nitrogens is 3. The largest absolute Gasteiger partial charge is 0.491 e. The summed E-state index contributed by atoms with van der Waals surface area (Å²) in [7, 11) is 1.65. The summed E-state index contributed by atoms with van der Waals surface area (Å²) < 4.78 is 11.3. The fourth-order valence-corrected chi connectivity index (χ4v) is 3.78. The van der Waals surface area contributed by atoms with E-state index in [4.69, 9.17) is 9.47 Å². The van der Waals surface area contributed by atoms with Crippen molar-refractivity contribution in [3.8, 4) is 5.75 Å². The third kappa shape index (κ3) is 3.11. The van der Waals surface area contributed by atoms with E-state index in [-0.39, 0.29) is 11.8 Å². The third-order valence-electron chi connectivity index (χ3n) is 5.06. The molecule has 7 heteroatoms. The van der Waals surface area contributed by atoms with Crippen LogP contribution in [0.2, 0.25) is 0 Å². The zero-order valence-corrected chi connectivity index (χ0v) is 14.2. The molecular formula is C18H22N4O3. The first-order valence-electron chi connectivity index (χ1n) is 8.59. The molecule has 2 atom stereocenters. The summed E-state index contributed by atoms with van der Waals surface area (Å²) in [6.45, 7) is 0.820. The molecule has 25 heavy (non-hydrogen) atoms. The van der Waals surface area contributed by atoms with Crippen LogP contribution in [0.1, 0.15) is 23.4 Å². The Morgan fingerprint density at radius 1 is 1.40 bits per heavy atom. The molecule has 0 saturated heterocycles. The van der Waals surface area contributed by atoms with E-state index in [1.54, 1.807) is 7.11 Å². The summed E-state index contributed by atoms with van der Waals surface area (Å²) >= 11 is 0. The van der Waals surface area contributed by atoms with Crippen molar-refractivity contribution in [2.24, 2.45) is 5.92 Å². The Labute approximate surface area is 146 Å². The number of carbonyl (C=O) groups excluding carboxylic acids is 1. The van der Waals surface area contributed by atoms with E-state index in [1.807, 2.05) is 24.3 Å². The van der Waals surface area contributed by atoms with Crippen LogP contribution in [0.25, 0.3) is 0 Å². The van der Waals surface area contributed by atoms with Crippen LogP contribution >= 0.6 is 0 Å². The first-order valence-corrected chi connectivity index (χ1v) is 8.59. The predicted molar refractivity (Wildman–Crippen MR) is 90.3 cm³/mol. The number of nitrogens with zero attached hydrogens (tertiary/aromatic N) is 2. The standard InChI is InChI=1S/C18H22N4O3/c1-24-10-18(9-13-4-2-3-5-16(13)25-11-18)19-17(23)12-6-7-14-15(8-12)21-22-20-14/h2-5,12H,6-11H2,1H3,(H,19,23)(H,20,21,22). The minimum absolute atomic E-state index is 0.0358. The summed E-state index contributed by atoms with van der Waals surface area (Å²) in [5.74, 6) is 0.825. The van der Waals surface area contributed by atoms with Crippen molar-refractivity contribution in [2.75, 3.05) is 20.3 Å². The normalized spacial score (nSPS) is 24.8. The molecule has 0 bridgehead atoms. The fraction of sp³-hybridized carbons (Fsp3) is 0.500. The van der Waals surface area contributed by atoms with Crippen molar-refractivity contribution in [1.29, 1.82) is 0 Å². The number of ether oxygens (including phenoxy) is 2. The smallest absolute Gasteiger partial charge is 0.224 e.